The Balaban J connectivity index is 1.29. The molecule has 2 atom stereocenters. The van der Waals surface area contributed by atoms with Crippen LogP contribution in [0.3, 0.4) is 0 Å². The van der Waals surface area contributed by atoms with Gasteiger partial charge in [-0.1, -0.05) is 30.4 Å². The van der Waals surface area contributed by atoms with Crippen LogP contribution in [0.2, 0.25) is 0 Å². The van der Waals surface area contributed by atoms with Crippen molar-refractivity contribution >= 4 is 23.6 Å². The summed E-state index contributed by atoms with van der Waals surface area (Å²) < 4.78 is 1.79. The number of hydrogen-bond acceptors (Lipinski definition) is 5. The first kappa shape index (κ1) is 20.9. The summed E-state index contributed by atoms with van der Waals surface area (Å²) in [7, 11) is 0. The van der Waals surface area contributed by atoms with Crippen molar-refractivity contribution in [1.29, 1.82) is 0 Å². The lowest BCUT2D eigenvalue weighted by Crippen LogP contribution is -2.52. The molecule has 2 aromatic rings. The Morgan fingerprint density at radius 1 is 1.24 bits per heavy atom. The fourth-order valence-electron chi connectivity index (χ4n) is 4.65. The highest BCUT2D eigenvalue weighted by Crippen LogP contribution is 2.29. The van der Waals surface area contributed by atoms with Gasteiger partial charge in [-0.3, -0.25) is 24.5 Å². The Hall–Kier alpha value is -4.01. The van der Waals surface area contributed by atoms with Crippen LogP contribution in [0.1, 0.15) is 40.7 Å². The minimum Gasteiger partial charge on any atom is -0.350 e. The van der Waals surface area contributed by atoms with E-state index in [1.807, 2.05) is 36.4 Å². The zero-order valence-corrected chi connectivity index (χ0v) is 17.9. The topological polar surface area (TPSA) is 113 Å². The first-order valence-electron chi connectivity index (χ1n) is 10.9. The fourth-order valence-corrected chi connectivity index (χ4v) is 4.65. The van der Waals surface area contributed by atoms with Gasteiger partial charge in [0.25, 0.3) is 11.8 Å². The third kappa shape index (κ3) is 3.65. The van der Waals surface area contributed by atoms with Crippen LogP contribution in [-0.4, -0.2) is 44.1 Å². The lowest BCUT2D eigenvalue weighted by Gasteiger charge is -2.31. The van der Waals surface area contributed by atoms with Crippen molar-refractivity contribution in [2.45, 2.75) is 43.9 Å². The van der Waals surface area contributed by atoms with E-state index in [2.05, 4.69) is 15.6 Å². The Bertz CT molecular complexity index is 1200. The highest BCUT2D eigenvalue weighted by atomic mass is 16.2. The van der Waals surface area contributed by atoms with Gasteiger partial charge < -0.3 is 14.8 Å². The Morgan fingerprint density at radius 3 is 2.85 bits per heavy atom. The molecule has 0 saturated carbocycles. The zero-order chi connectivity index (χ0) is 23.0. The van der Waals surface area contributed by atoms with Crippen molar-refractivity contribution in [1.82, 2.24) is 25.1 Å². The summed E-state index contributed by atoms with van der Waals surface area (Å²) in [6.45, 7) is 0.599. The van der Waals surface area contributed by atoms with E-state index in [0.29, 0.717) is 31.5 Å². The van der Waals surface area contributed by atoms with E-state index in [9.17, 15) is 19.2 Å². The van der Waals surface area contributed by atoms with Gasteiger partial charge in [0.15, 0.2) is 0 Å². The summed E-state index contributed by atoms with van der Waals surface area (Å²) >= 11 is 0. The number of allylic oxidation sites excluding steroid dienone is 3. The maximum absolute atomic E-state index is 13.2. The van der Waals surface area contributed by atoms with Crippen LogP contribution >= 0.6 is 0 Å². The standard InChI is InChI=1S/C24H23N5O4/c30-20-7-6-19(21(31)27-20)29-14-17-12-16(4-5-18(17)22(29)32)13-26-23(33)24(8-2-1-3-9-24)28-11-10-25-15-28/h1-5,8,10-12,15,19H,6-7,9,13-14H2,(H,26,33)(H,27,30,31). The summed E-state index contributed by atoms with van der Waals surface area (Å²) in [5, 5.41) is 5.32. The molecule has 4 amide bonds. The molecule has 1 aliphatic carbocycles. The molecule has 0 spiro atoms. The molecule has 1 aromatic heterocycles. The van der Waals surface area contributed by atoms with Gasteiger partial charge in [0, 0.05) is 43.9 Å². The van der Waals surface area contributed by atoms with E-state index >= 15 is 0 Å². The molecule has 2 unspecified atom stereocenters. The smallest absolute Gasteiger partial charge is 0.255 e. The quantitative estimate of drug-likeness (QED) is 0.671. The zero-order valence-electron chi connectivity index (χ0n) is 17.9. The summed E-state index contributed by atoms with van der Waals surface area (Å²) in [5.41, 5.74) is 1.34. The third-order valence-corrected chi connectivity index (χ3v) is 6.45. The number of amides is 4. The second-order valence-electron chi connectivity index (χ2n) is 8.46. The minimum absolute atomic E-state index is 0.150. The largest absolute Gasteiger partial charge is 0.350 e. The predicted octanol–water partition coefficient (Wildman–Crippen LogP) is 1.17. The van der Waals surface area contributed by atoms with E-state index in [-0.39, 0.29) is 24.1 Å². The molecule has 0 bridgehead atoms. The van der Waals surface area contributed by atoms with Crippen molar-refractivity contribution in [3.05, 3.63) is 77.9 Å². The number of rotatable bonds is 5. The molecule has 0 radical (unpaired) electrons. The first-order chi connectivity index (χ1) is 16.0. The molecule has 1 fully saturated rings. The van der Waals surface area contributed by atoms with Gasteiger partial charge in [0.05, 0.1) is 6.33 Å². The fraction of sp³-hybridized carbons (Fsp3) is 0.292. The van der Waals surface area contributed by atoms with Crippen LogP contribution in [0, 0.1) is 0 Å². The maximum Gasteiger partial charge on any atom is 0.255 e. The molecule has 1 aromatic carbocycles. The van der Waals surface area contributed by atoms with Crippen LogP contribution in [0.15, 0.2) is 61.2 Å². The lowest BCUT2D eigenvalue weighted by molar-refractivity contribution is -0.137. The Labute approximate surface area is 190 Å². The van der Waals surface area contributed by atoms with Crippen LogP contribution in [0.25, 0.3) is 0 Å². The molecule has 3 heterocycles. The Kier molecular flexibility index (Phi) is 5.16. The summed E-state index contributed by atoms with van der Waals surface area (Å²) in [4.78, 5) is 55.3. The molecule has 5 rings (SSSR count). The van der Waals surface area contributed by atoms with Gasteiger partial charge >= 0.3 is 0 Å². The maximum atomic E-state index is 13.2. The number of aromatic nitrogens is 2. The number of fused-ring (bicyclic) bond motifs is 1. The van der Waals surface area contributed by atoms with Gasteiger partial charge in [0.1, 0.15) is 11.6 Å². The van der Waals surface area contributed by atoms with E-state index < -0.39 is 17.5 Å². The van der Waals surface area contributed by atoms with Crippen molar-refractivity contribution in [2.24, 2.45) is 0 Å². The van der Waals surface area contributed by atoms with E-state index in [1.165, 1.54) is 4.90 Å². The number of hydrogen-bond donors (Lipinski definition) is 2. The minimum atomic E-state index is -0.874. The van der Waals surface area contributed by atoms with E-state index in [0.717, 1.165) is 11.1 Å². The lowest BCUT2D eigenvalue weighted by atomic mass is 9.89. The highest BCUT2D eigenvalue weighted by molar-refractivity contribution is 6.05. The van der Waals surface area contributed by atoms with E-state index in [4.69, 9.17) is 0 Å². The van der Waals surface area contributed by atoms with Crippen LogP contribution < -0.4 is 10.6 Å². The average Bonchev–Trinajstić information content (AvgIpc) is 3.47. The summed E-state index contributed by atoms with van der Waals surface area (Å²) in [5.74, 6) is -1.11. The predicted molar refractivity (Wildman–Crippen MR) is 117 cm³/mol. The monoisotopic (exact) mass is 445 g/mol. The van der Waals surface area contributed by atoms with Crippen LogP contribution in [-0.2, 0) is 33.0 Å². The van der Waals surface area contributed by atoms with Gasteiger partial charge in [-0.2, -0.15) is 0 Å². The molecule has 168 valence electrons. The molecular weight excluding hydrogens is 422 g/mol. The molecule has 1 saturated heterocycles. The van der Waals surface area contributed by atoms with Crippen molar-refractivity contribution in [3.8, 4) is 0 Å². The Morgan fingerprint density at radius 2 is 2.12 bits per heavy atom. The van der Waals surface area contributed by atoms with Crippen molar-refractivity contribution < 1.29 is 19.2 Å². The van der Waals surface area contributed by atoms with Gasteiger partial charge in [-0.25, -0.2) is 4.98 Å². The number of imide groups is 1. The van der Waals surface area contributed by atoms with E-state index in [1.54, 1.807) is 29.4 Å². The molecule has 2 N–H and O–H groups in total. The number of nitrogens with one attached hydrogen (secondary N) is 2. The molecule has 9 heteroatoms. The number of imidazole rings is 1. The summed E-state index contributed by atoms with van der Waals surface area (Å²) in [6, 6.07) is 4.79. The van der Waals surface area contributed by atoms with Gasteiger partial charge in [0.2, 0.25) is 11.8 Å². The average molecular weight is 445 g/mol. The number of carbonyl (C=O) groups is 4. The SMILES string of the molecule is O=C1CCC(N2Cc3cc(CNC(=O)C4(n5ccnc5)C=CC=CC4)ccc3C2=O)C(=O)N1. The van der Waals surface area contributed by atoms with Gasteiger partial charge in [-0.05, 0) is 29.7 Å². The molecule has 33 heavy (non-hydrogen) atoms. The van der Waals surface area contributed by atoms with Crippen molar-refractivity contribution in [3.63, 3.8) is 0 Å². The number of benzene rings is 1. The molecule has 3 aliphatic rings. The molecule has 2 aliphatic heterocycles. The number of piperidine rings is 1. The van der Waals surface area contributed by atoms with Gasteiger partial charge in [-0.15, -0.1) is 0 Å². The van der Waals surface area contributed by atoms with Crippen molar-refractivity contribution in [2.75, 3.05) is 0 Å². The molecular formula is C24H23N5O4. The second-order valence-corrected chi connectivity index (χ2v) is 8.46. The van der Waals surface area contributed by atoms with Crippen LogP contribution in [0.4, 0.5) is 0 Å². The summed E-state index contributed by atoms with van der Waals surface area (Å²) in [6.07, 6.45) is 13.7. The second kappa shape index (κ2) is 8.16. The first-order valence-corrected chi connectivity index (χ1v) is 10.9. The molecule has 9 nitrogen and oxygen atoms in total. The number of nitrogens with zero attached hydrogens (tertiary/aromatic N) is 3. The number of carbonyl (C=O) groups excluding carboxylic acids is 4. The highest BCUT2D eigenvalue weighted by Gasteiger charge is 2.39. The third-order valence-electron chi connectivity index (χ3n) is 6.45. The van der Waals surface area contributed by atoms with Crippen LogP contribution in [0.5, 0.6) is 0 Å². The normalized spacial score (nSPS) is 24.1.